The van der Waals surface area contributed by atoms with Crippen molar-refractivity contribution in [2.75, 3.05) is 13.1 Å². The number of nitrogens with zero attached hydrogens (tertiary/aromatic N) is 2. The fourth-order valence-corrected chi connectivity index (χ4v) is 3.50. The molecule has 1 atom stereocenters. The van der Waals surface area contributed by atoms with E-state index in [9.17, 15) is 0 Å². The van der Waals surface area contributed by atoms with Gasteiger partial charge in [-0.2, -0.15) is 0 Å². The van der Waals surface area contributed by atoms with Gasteiger partial charge in [0.2, 0.25) is 0 Å². The molecule has 2 rings (SSSR count). The summed E-state index contributed by atoms with van der Waals surface area (Å²) >= 11 is 7.00. The highest BCUT2D eigenvalue weighted by Gasteiger charge is 2.33. The third kappa shape index (κ3) is 4.39. The van der Waals surface area contributed by atoms with Gasteiger partial charge in [0.05, 0.1) is 5.69 Å². The predicted octanol–water partition coefficient (Wildman–Crippen LogP) is 3.59. The normalized spacial score (nSPS) is 22.9. The lowest BCUT2D eigenvalue weighted by atomic mass is 9.79. The topological polar surface area (TPSA) is 42.2 Å². The average Bonchev–Trinajstić information content (AvgIpc) is 2.27. The van der Waals surface area contributed by atoms with Crippen molar-refractivity contribution < 1.29 is 0 Å². The monoisotopic (exact) mass is 411 g/mol. The third-order valence-corrected chi connectivity index (χ3v) is 4.77. The lowest BCUT2D eigenvalue weighted by Gasteiger charge is -2.42. The van der Waals surface area contributed by atoms with Crippen molar-refractivity contribution in [3.8, 4) is 0 Å². The van der Waals surface area contributed by atoms with Gasteiger partial charge < -0.3 is 5.73 Å². The second-order valence-corrected chi connectivity index (χ2v) is 7.45. The molecule has 0 aromatic carbocycles. The van der Waals surface area contributed by atoms with E-state index in [0.717, 1.165) is 40.7 Å². The molecule has 0 spiro atoms. The predicted molar refractivity (Wildman–Crippen MR) is 88.5 cm³/mol. The minimum atomic E-state index is 0. The molecule has 1 aromatic rings. The van der Waals surface area contributed by atoms with E-state index in [1.807, 2.05) is 12.3 Å². The number of nitrogens with two attached hydrogens (primary N) is 1. The van der Waals surface area contributed by atoms with Gasteiger partial charge >= 0.3 is 0 Å². The SMILES string of the molecule is CC1(C)CN(Cc2ncc(Br)cc2Br)CCC1N.Cl. The molecule has 6 heteroatoms. The van der Waals surface area contributed by atoms with Gasteiger partial charge in [-0.25, -0.2) is 0 Å². The molecule has 108 valence electrons. The van der Waals surface area contributed by atoms with Gasteiger partial charge in [0.25, 0.3) is 0 Å². The zero-order chi connectivity index (χ0) is 13.3. The largest absolute Gasteiger partial charge is 0.327 e. The standard InChI is InChI=1S/C13H19Br2N3.ClH/c1-13(2)8-18(4-3-12(13)16)7-11-10(15)5-9(14)6-17-11;/h5-6,12H,3-4,7-8,16H2,1-2H3;1H. The molecule has 19 heavy (non-hydrogen) atoms. The van der Waals surface area contributed by atoms with Gasteiger partial charge in [-0.05, 0) is 49.8 Å². The van der Waals surface area contributed by atoms with E-state index in [0.29, 0.717) is 6.04 Å². The summed E-state index contributed by atoms with van der Waals surface area (Å²) in [5.41, 5.74) is 7.43. The maximum absolute atomic E-state index is 6.16. The highest BCUT2D eigenvalue weighted by Crippen LogP contribution is 2.29. The lowest BCUT2D eigenvalue weighted by Crippen LogP contribution is -2.52. The molecule has 2 heterocycles. The summed E-state index contributed by atoms with van der Waals surface area (Å²) < 4.78 is 2.06. The van der Waals surface area contributed by atoms with Gasteiger partial charge in [-0.15, -0.1) is 12.4 Å². The van der Waals surface area contributed by atoms with Crippen LogP contribution in [0.1, 0.15) is 26.0 Å². The minimum Gasteiger partial charge on any atom is -0.327 e. The summed E-state index contributed by atoms with van der Waals surface area (Å²) in [4.78, 5) is 6.91. The van der Waals surface area contributed by atoms with Crippen LogP contribution in [0.4, 0.5) is 0 Å². The smallest absolute Gasteiger partial charge is 0.0686 e. The van der Waals surface area contributed by atoms with Gasteiger partial charge in [-0.3, -0.25) is 9.88 Å². The molecule has 0 amide bonds. The zero-order valence-electron chi connectivity index (χ0n) is 11.2. The first-order valence-electron chi connectivity index (χ1n) is 6.16. The number of likely N-dealkylation sites (tertiary alicyclic amines) is 1. The zero-order valence-corrected chi connectivity index (χ0v) is 15.2. The number of piperidine rings is 1. The first kappa shape index (κ1) is 17.4. The van der Waals surface area contributed by atoms with E-state index in [1.165, 1.54) is 0 Å². The molecule has 1 unspecified atom stereocenters. The van der Waals surface area contributed by atoms with Crippen LogP contribution < -0.4 is 5.73 Å². The first-order chi connectivity index (χ1) is 8.38. The molecule has 1 saturated heterocycles. The highest BCUT2D eigenvalue weighted by atomic mass is 79.9. The Bertz CT molecular complexity index is 440. The van der Waals surface area contributed by atoms with Crippen LogP contribution in [-0.2, 0) is 6.54 Å². The van der Waals surface area contributed by atoms with Gasteiger partial charge in [0.1, 0.15) is 0 Å². The molecule has 1 aliphatic heterocycles. The number of aromatic nitrogens is 1. The van der Waals surface area contributed by atoms with Gasteiger partial charge in [0, 0.05) is 40.8 Å². The molecule has 0 saturated carbocycles. The second-order valence-electron chi connectivity index (χ2n) is 5.68. The summed E-state index contributed by atoms with van der Waals surface area (Å²) in [7, 11) is 0. The molecular formula is C13H20Br2ClN3. The number of hydrogen-bond acceptors (Lipinski definition) is 3. The fourth-order valence-electron chi connectivity index (χ4n) is 2.39. The molecule has 2 N–H and O–H groups in total. The summed E-state index contributed by atoms with van der Waals surface area (Å²) in [5.74, 6) is 0. The number of rotatable bonds is 2. The molecule has 0 bridgehead atoms. The molecule has 1 aliphatic rings. The van der Waals surface area contributed by atoms with E-state index in [1.54, 1.807) is 0 Å². The molecule has 1 aromatic heterocycles. The Morgan fingerprint density at radius 1 is 1.47 bits per heavy atom. The summed E-state index contributed by atoms with van der Waals surface area (Å²) in [6.45, 7) is 7.44. The van der Waals surface area contributed by atoms with Crippen LogP contribution in [0.15, 0.2) is 21.2 Å². The van der Waals surface area contributed by atoms with Crippen LogP contribution in [0.25, 0.3) is 0 Å². The van der Waals surface area contributed by atoms with Crippen molar-refractivity contribution in [2.45, 2.75) is 32.9 Å². The van der Waals surface area contributed by atoms with Gasteiger partial charge in [-0.1, -0.05) is 13.8 Å². The Morgan fingerprint density at radius 2 is 2.16 bits per heavy atom. The Morgan fingerprint density at radius 3 is 2.74 bits per heavy atom. The van der Waals surface area contributed by atoms with E-state index in [2.05, 4.69) is 55.6 Å². The van der Waals surface area contributed by atoms with Crippen LogP contribution >= 0.6 is 44.3 Å². The third-order valence-electron chi connectivity index (χ3n) is 3.65. The number of hydrogen-bond donors (Lipinski definition) is 1. The molecular weight excluding hydrogens is 393 g/mol. The Hall–Kier alpha value is 0.320. The Labute approximate surface area is 138 Å². The average molecular weight is 414 g/mol. The van der Waals surface area contributed by atoms with E-state index < -0.39 is 0 Å². The number of halogens is 3. The van der Waals surface area contributed by atoms with Crippen molar-refractivity contribution in [3.63, 3.8) is 0 Å². The highest BCUT2D eigenvalue weighted by molar-refractivity contribution is 9.11. The molecule has 0 radical (unpaired) electrons. The van der Waals surface area contributed by atoms with Gasteiger partial charge in [0.15, 0.2) is 0 Å². The minimum absolute atomic E-state index is 0. The lowest BCUT2D eigenvalue weighted by molar-refractivity contribution is 0.0887. The molecule has 1 fully saturated rings. The maximum atomic E-state index is 6.16. The summed E-state index contributed by atoms with van der Waals surface area (Å²) in [5, 5.41) is 0. The van der Waals surface area contributed by atoms with E-state index in [-0.39, 0.29) is 17.8 Å². The van der Waals surface area contributed by atoms with Crippen LogP contribution in [0, 0.1) is 5.41 Å². The first-order valence-corrected chi connectivity index (χ1v) is 7.75. The van der Waals surface area contributed by atoms with Crippen molar-refractivity contribution in [1.82, 2.24) is 9.88 Å². The van der Waals surface area contributed by atoms with Crippen molar-refractivity contribution in [1.29, 1.82) is 0 Å². The van der Waals surface area contributed by atoms with Crippen molar-refractivity contribution in [2.24, 2.45) is 11.1 Å². The fraction of sp³-hybridized carbons (Fsp3) is 0.615. The molecule has 0 aliphatic carbocycles. The quantitative estimate of drug-likeness (QED) is 0.806. The van der Waals surface area contributed by atoms with Crippen LogP contribution in [0.3, 0.4) is 0 Å². The van der Waals surface area contributed by atoms with Crippen molar-refractivity contribution in [3.05, 3.63) is 26.9 Å². The summed E-state index contributed by atoms with van der Waals surface area (Å²) in [6, 6.07) is 2.35. The van der Waals surface area contributed by atoms with E-state index in [4.69, 9.17) is 5.73 Å². The second kappa shape index (κ2) is 6.85. The van der Waals surface area contributed by atoms with E-state index >= 15 is 0 Å². The van der Waals surface area contributed by atoms with Crippen LogP contribution in [0.5, 0.6) is 0 Å². The van der Waals surface area contributed by atoms with Crippen molar-refractivity contribution >= 4 is 44.3 Å². The van der Waals surface area contributed by atoms with Crippen LogP contribution in [-0.4, -0.2) is 29.0 Å². The Kier molecular flexibility index (Phi) is 6.27. The van der Waals surface area contributed by atoms with Crippen LogP contribution in [0.2, 0.25) is 0 Å². The summed E-state index contributed by atoms with van der Waals surface area (Å²) in [6.07, 6.45) is 2.90. The Balaban J connectivity index is 0.00000180. The maximum Gasteiger partial charge on any atom is 0.0686 e. The molecule has 3 nitrogen and oxygen atoms in total. The number of pyridine rings is 1.